The summed E-state index contributed by atoms with van der Waals surface area (Å²) in [6.45, 7) is 4.61. The average molecular weight is 467 g/mol. The maximum absolute atomic E-state index is 13.6. The van der Waals surface area contributed by atoms with Gasteiger partial charge in [0.1, 0.15) is 5.82 Å². The quantitative estimate of drug-likeness (QED) is 0.366. The number of ether oxygens (including phenoxy) is 1. The standard InChI is InChI=1S/C17H26FN3OS.HI/c1-3-19-17(21-11-15-5-4-8-23-15)20-10-13-6-7-16(18)14(9-13)12-22-2;/h6-7,9,15H,3-5,8,10-12H2,1-2H3,(H2,19,20,21);1H. The van der Waals surface area contributed by atoms with E-state index >= 15 is 0 Å². The molecule has 1 saturated heterocycles. The highest BCUT2D eigenvalue weighted by atomic mass is 127. The fraction of sp³-hybridized carbons (Fsp3) is 0.588. The third-order valence-corrected chi connectivity index (χ3v) is 5.09. The SMILES string of the molecule is CCNC(=NCc1ccc(F)c(COC)c1)NCC1CCCS1.I. The molecule has 1 atom stereocenters. The topological polar surface area (TPSA) is 45.7 Å². The van der Waals surface area contributed by atoms with Crippen molar-refractivity contribution in [2.24, 2.45) is 4.99 Å². The number of benzene rings is 1. The summed E-state index contributed by atoms with van der Waals surface area (Å²) in [5.74, 6) is 1.85. The molecule has 1 aromatic carbocycles. The number of thioether (sulfide) groups is 1. The molecular weight excluding hydrogens is 440 g/mol. The van der Waals surface area contributed by atoms with Crippen LogP contribution in [0, 0.1) is 5.82 Å². The summed E-state index contributed by atoms with van der Waals surface area (Å²) in [6, 6.07) is 5.07. The number of methoxy groups -OCH3 is 1. The molecule has 0 aromatic heterocycles. The minimum absolute atomic E-state index is 0. The molecule has 2 N–H and O–H groups in total. The first-order valence-electron chi connectivity index (χ1n) is 8.13. The number of nitrogens with one attached hydrogen (secondary N) is 2. The van der Waals surface area contributed by atoms with E-state index in [-0.39, 0.29) is 36.4 Å². The van der Waals surface area contributed by atoms with Crippen LogP contribution in [0.1, 0.15) is 30.9 Å². The van der Waals surface area contributed by atoms with E-state index in [4.69, 9.17) is 4.74 Å². The Balaban J connectivity index is 0.00000288. The predicted molar refractivity (Wildman–Crippen MR) is 111 cm³/mol. The number of aliphatic imine (C=N–C) groups is 1. The fourth-order valence-corrected chi connectivity index (χ4v) is 3.72. The zero-order valence-corrected chi connectivity index (χ0v) is 17.5. The lowest BCUT2D eigenvalue weighted by Crippen LogP contribution is -2.40. The van der Waals surface area contributed by atoms with Gasteiger partial charge in [0.15, 0.2) is 5.96 Å². The summed E-state index contributed by atoms with van der Waals surface area (Å²) in [5.41, 5.74) is 1.55. The Morgan fingerprint density at radius 3 is 2.92 bits per heavy atom. The van der Waals surface area contributed by atoms with Crippen molar-refractivity contribution in [3.05, 3.63) is 35.1 Å². The van der Waals surface area contributed by atoms with Crippen LogP contribution >= 0.6 is 35.7 Å². The molecule has 1 heterocycles. The Labute approximate surface area is 165 Å². The van der Waals surface area contributed by atoms with Crippen molar-refractivity contribution < 1.29 is 9.13 Å². The van der Waals surface area contributed by atoms with Gasteiger partial charge in [-0.05, 0) is 43.2 Å². The minimum Gasteiger partial charge on any atom is -0.380 e. The lowest BCUT2D eigenvalue weighted by atomic mass is 10.1. The van der Waals surface area contributed by atoms with Gasteiger partial charge in [-0.1, -0.05) is 6.07 Å². The van der Waals surface area contributed by atoms with Crippen molar-refractivity contribution in [3.63, 3.8) is 0 Å². The van der Waals surface area contributed by atoms with Crippen LogP contribution in [0.3, 0.4) is 0 Å². The lowest BCUT2D eigenvalue weighted by Gasteiger charge is -2.14. The molecule has 0 bridgehead atoms. The van der Waals surface area contributed by atoms with Crippen molar-refractivity contribution in [1.29, 1.82) is 0 Å². The van der Waals surface area contributed by atoms with Gasteiger partial charge in [0.25, 0.3) is 0 Å². The molecule has 0 amide bonds. The van der Waals surface area contributed by atoms with E-state index in [2.05, 4.69) is 22.5 Å². The second-order valence-corrected chi connectivity index (χ2v) is 6.98. The van der Waals surface area contributed by atoms with Gasteiger partial charge in [-0.3, -0.25) is 0 Å². The Hall–Kier alpha value is -0.540. The molecular formula is C17H27FIN3OS. The van der Waals surface area contributed by atoms with Crippen molar-refractivity contribution >= 4 is 41.7 Å². The van der Waals surface area contributed by atoms with Gasteiger partial charge < -0.3 is 15.4 Å². The third kappa shape index (κ3) is 7.14. The molecule has 1 aliphatic heterocycles. The molecule has 0 saturated carbocycles. The van der Waals surface area contributed by atoms with Crippen molar-refractivity contribution in [1.82, 2.24) is 10.6 Å². The van der Waals surface area contributed by atoms with Gasteiger partial charge in [0.05, 0.1) is 13.2 Å². The summed E-state index contributed by atoms with van der Waals surface area (Å²) >= 11 is 2.03. The van der Waals surface area contributed by atoms with Crippen LogP contribution in [0.4, 0.5) is 4.39 Å². The fourth-order valence-electron chi connectivity index (χ4n) is 2.52. The van der Waals surface area contributed by atoms with Crippen molar-refractivity contribution in [2.75, 3.05) is 26.0 Å². The highest BCUT2D eigenvalue weighted by Gasteiger charge is 2.15. The Morgan fingerprint density at radius 2 is 2.25 bits per heavy atom. The highest BCUT2D eigenvalue weighted by molar-refractivity contribution is 14.0. The van der Waals surface area contributed by atoms with Crippen LogP contribution in [-0.2, 0) is 17.9 Å². The Bertz CT molecular complexity index is 525. The van der Waals surface area contributed by atoms with E-state index in [1.165, 1.54) is 24.7 Å². The zero-order chi connectivity index (χ0) is 16.5. The van der Waals surface area contributed by atoms with Crippen LogP contribution in [-0.4, -0.2) is 37.2 Å². The summed E-state index contributed by atoms with van der Waals surface area (Å²) in [6.07, 6.45) is 2.58. The first-order valence-corrected chi connectivity index (χ1v) is 9.17. The monoisotopic (exact) mass is 467 g/mol. The zero-order valence-electron chi connectivity index (χ0n) is 14.3. The summed E-state index contributed by atoms with van der Waals surface area (Å²) in [4.78, 5) is 4.60. The smallest absolute Gasteiger partial charge is 0.191 e. The van der Waals surface area contributed by atoms with Gasteiger partial charge >= 0.3 is 0 Å². The van der Waals surface area contributed by atoms with Crippen molar-refractivity contribution in [3.8, 4) is 0 Å². The summed E-state index contributed by atoms with van der Waals surface area (Å²) in [7, 11) is 1.57. The normalized spacial score (nSPS) is 17.5. The molecule has 1 unspecified atom stereocenters. The predicted octanol–water partition coefficient (Wildman–Crippen LogP) is 3.54. The number of hydrogen-bond donors (Lipinski definition) is 2. The lowest BCUT2D eigenvalue weighted by molar-refractivity contribution is 0.181. The molecule has 0 radical (unpaired) electrons. The van der Waals surface area contributed by atoms with Crippen LogP contribution in [0.25, 0.3) is 0 Å². The molecule has 136 valence electrons. The second-order valence-electron chi connectivity index (χ2n) is 5.57. The van der Waals surface area contributed by atoms with Crippen LogP contribution in [0.15, 0.2) is 23.2 Å². The van der Waals surface area contributed by atoms with E-state index in [0.29, 0.717) is 17.4 Å². The molecule has 7 heteroatoms. The van der Waals surface area contributed by atoms with Gasteiger partial charge in [-0.2, -0.15) is 11.8 Å². The maximum Gasteiger partial charge on any atom is 0.191 e. The number of nitrogens with zero attached hydrogens (tertiary/aromatic N) is 1. The first kappa shape index (κ1) is 21.5. The van der Waals surface area contributed by atoms with Gasteiger partial charge in [-0.25, -0.2) is 9.38 Å². The van der Waals surface area contributed by atoms with E-state index < -0.39 is 0 Å². The number of hydrogen-bond acceptors (Lipinski definition) is 3. The van der Waals surface area contributed by atoms with Crippen LogP contribution in [0.2, 0.25) is 0 Å². The van der Waals surface area contributed by atoms with E-state index in [1.807, 2.05) is 17.8 Å². The molecule has 0 spiro atoms. The number of guanidine groups is 1. The van der Waals surface area contributed by atoms with E-state index in [0.717, 1.165) is 24.6 Å². The van der Waals surface area contributed by atoms with Gasteiger partial charge in [0.2, 0.25) is 0 Å². The third-order valence-electron chi connectivity index (χ3n) is 3.70. The largest absolute Gasteiger partial charge is 0.380 e. The minimum atomic E-state index is -0.233. The van der Waals surface area contributed by atoms with E-state index in [9.17, 15) is 4.39 Å². The molecule has 4 nitrogen and oxygen atoms in total. The molecule has 1 aliphatic rings. The number of rotatable bonds is 7. The number of halogens is 2. The van der Waals surface area contributed by atoms with Gasteiger partial charge in [0, 0.05) is 31.0 Å². The molecule has 1 aromatic rings. The molecule has 24 heavy (non-hydrogen) atoms. The van der Waals surface area contributed by atoms with Crippen LogP contribution < -0.4 is 10.6 Å². The molecule has 2 rings (SSSR count). The average Bonchev–Trinajstić information content (AvgIpc) is 3.06. The van der Waals surface area contributed by atoms with Gasteiger partial charge in [-0.15, -0.1) is 24.0 Å². The summed E-state index contributed by atoms with van der Waals surface area (Å²) in [5, 5.41) is 7.34. The Kier molecular flexibility index (Phi) is 10.7. The Morgan fingerprint density at radius 1 is 1.42 bits per heavy atom. The maximum atomic E-state index is 13.6. The van der Waals surface area contributed by atoms with Crippen molar-refractivity contribution in [2.45, 2.75) is 38.2 Å². The summed E-state index contributed by atoms with van der Waals surface area (Å²) < 4.78 is 18.6. The van der Waals surface area contributed by atoms with Crippen LogP contribution in [0.5, 0.6) is 0 Å². The second kappa shape index (κ2) is 11.9. The molecule has 0 aliphatic carbocycles. The highest BCUT2D eigenvalue weighted by Crippen LogP contribution is 2.25. The van der Waals surface area contributed by atoms with E-state index in [1.54, 1.807) is 13.2 Å². The molecule has 1 fully saturated rings. The first-order chi connectivity index (χ1) is 11.2.